The Morgan fingerprint density at radius 3 is 2.38 bits per heavy atom. The molecule has 7 nitrogen and oxygen atoms in total. The van der Waals surface area contributed by atoms with Crippen LogP contribution in [0, 0.1) is 0 Å². The summed E-state index contributed by atoms with van der Waals surface area (Å²) in [4.78, 5) is 26.3. The lowest BCUT2D eigenvalue weighted by molar-refractivity contribution is 0.102. The van der Waals surface area contributed by atoms with Gasteiger partial charge in [0.25, 0.3) is 5.91 Å². The number of anilines is 2. The number of benzene rings is 3. The van der Waals surface area contributed by atoms with E-state index in [4.69, 9.17) is 9.72 Å². The molecule has 186 valence electrons. The third-order valence-electron chi connectivity index (χ3n) is 7.10. The van der Waals surface area contributed by atoms with Crippen molar-refractivity contribution in [3.63, 3.8) is 0 Å². The van der Waals surface area contributed by atoms with Gasteiger partial charge >= 0.3 is 0 Å². The van der Waals surface area contributed by atoms with Crippen LogP contribution in [0.3, 0.4) is 0 Å². The summed E-state index contributed by atoms with van der Waals surface area (Å²) in [6.07, 6.45) is 0. The number of methoxy groups -OCH3 is 1. The molecule has 6 rings (SSSR count). The Hall–Kier alpha value is -4.36. The second-order valence-corrected chi connectivity index (χ2v) is 9.47. The predicted octanol–water partition coefficient (Wildman–Crippen LogP) is 5.40. The fourth-order valence-electron chi connectivity index (χ4n) is 4.94. The monoisotopic (exact) mass is 491 g/mol. The van der Waals surface area contributed by atoms with Crippen LogP contribution < -0.4 is 15.0 Å². The van der Waals surface area contributed by atoms with Crippen molar-refractivity contribution in [3.8, 4) is 17.0 Å². The minimum atomic E-state index is -0.183. The van der Waals surface area contributed by atoms with E-state index in [9.17, 15) is 4.79 Å². The van der Waals surface area contributed by atoms with Gasteiger partial charge in [-0.2, -0.15) is 0 Å². The SMILES string of the molecule is COc1ccc(-c2nc(NC(=O)c3ccc(N4CCN(C)CC4)cc3)cc3c2[nH]c2ccccc23)cc1. The van der Waals surface area contributed by atoms with Crippen molar-refractivity contribution < 1.29 is 9.53 Å². The van der Waals surface area contributed by atoms with E-state index in [1.54, 1.807) is 7.11 Å². The number of fused-ring (bicyclic) bond motifs is 3. The second kappa shape index (κ2) is 9.59. The van der Waals surface area contributed by atoms with Crippen molar-refractivity contribution in [3.05, 3.63) is 84.4 Å². The largest absolute Gasteiger partial charge is 0.497 e. The number of likely N-dealkylation sites (N-methyl/N-ethyl adjacent to an activating group) is 1. The molecule has 3 heterocycles. The number of nitrogens with one attached hydrogen (secondary N) is 2. The molecule has 1 saturated heterocycles. The maximum atomic E-state index is 13.2. The molecule has 2 N–H and O–H groups in total. The minimum absolute atomic E-state index is 0.183. The van der Waals surface area contributed by atoms with Crippen molar-refractivity contribution in [2.24, 2.45) is 0 Å². The van der Waals surface area contributed by atoms with Gasteiger partial charge in [-0.1, -0.05) is 18.2 Å². The summed E-state index contributed by atoms with van der Waals surface area (Å²) in [5.74, 6) is 1.11. The lowest BCUT2D eigenvalue weighted by Gasteiger charge is -2.34. The first-order valence-corrected chi connectivity index (χ1v) is 12.5. The lowest BCUT2D eigenvalue weighted by Crippen LogP contribution is -2.44. The van der Waals surface area contributed by atoms with Crippen LogP contribution in [0.15, 0.2) is 78.9 Å². The van der Waals surface area contributed by atoms with Crippen molar-refractivity contribution in [2.45, 2.75) is 0 Å². The molecule has 1 fully saturated rings. The third kappa shape index (κ3) is 4.49. The topological polar surface area (TPSA) is 73.5 Å². The van der Waals surface area contributed by atoms with Crippen LogP contribution in [0.25, 0.3) is 33.1 Å². The van der Waals surface area contributed by atoms with Gasteiger partial charge < -0.3 is 24.8 Å². The van der Waals surface area contributed by atoms with Gasteiger partial charge in [0.2, 0.25) is 0 Å². The summed E-state index contributed by atoms with van der Waals surface area (Å²) in [7, 11) is 3.80. The van der Waals surface area contributed by atoms with Crippen LogP contribution in [-0.2, 0) is 0 Å². The smallest absolute Gasteiger partial charge is 0.256 e. The number of para-hydroxylation sites is 1. The highest BCUT2D eigenvalue weighted by atomic mass is 16.5. The molecular weight excluding hydrogens is 462 g/mol. The molecule has 0 atom stereocenters. The number of hydrogen-bond donors (Lipinski definition) is 2. The number of nitrogens with zero attached hydrogens (tertiary/aromatic N) is 3. The van der Waals surface area contributed by atoms with Gasteiger partial charge in [-0.3, -0.25) is 4.79 Å². The third-order valence-corrected chi connectivity index (χ3v) is 7.10. The molecule has 1 amide bonds. The molecule has 3 aromatic carbocycles. The average molecular weight is 492 g/mol. The molecule has 37 heavy (non-hydrogen) atoms. The highest BCUT2D eigenvalue weighted by Gasteiger charge is 2.17. The Bertz CT molecular complexity index is 1570. The summed E-state index contributed by atoms with van der Waals surface area (Å²) in [6, 6.07) is 25.7. The Kier molecular flexibility index (Phi) is 5.98. The number of amides is 1. The predicted molar refractivity (Wildman–Crippen MR) is 150 cm³/mol. The van der Waals surface area contributed by atoms with Crippen LogP contribution in [0.1, 0.15) is 10.4 Å². The van der Waals surface area contributed by atoms with Gasteiger partial charge in [-0.25, -0.2) is 4.98 Å². The quantitative estimate of drug-likeness (QED) is 0.345. The number of carbonyl (C=O) groups excluding carboxylic acids is 1. The molecule has 0 aliphatic carbocycles. The highest BCUT2D eigenvalue weighted by Crippen LogP contribution is 2.34. The lowest BCUT2D eigenvalue weighted by atomic mass is 10.1. The Morgan fingerprint density at radius 2 is 1.65 bits per heavy atom. The molecule has 0 radical (unpaired) electrons. The summed E-state index contributed by atoms with van der Waals surface area (Å²) >= 11 is 0. The first kappa shape index (κ1) is 23.1. The number of carbonyl (C=O) groups is 1. The van der Waals surface area contributed by atoms with Crippen molar-refractivity contribution >= 4 is 39.2 Å². The van der Waals surface area contributed by atoms with E-state index >= 15 is 0 Å². The van der Waals surface area contributed by atoms with Crippen molar-refractivity contribution in [2.75, 3.05) is 50.6 Å². The first-order valence-electron chi connectivity index (χ1n) is 12.5. The summed E-state index contributed by atoms with van der Waals surface area (Å²) < 4.78 is 5.33. The molecule has 5 aromatic rings. The molecule has 0 saturated carbocycles. The fraction of sp³-hybridized carbons (Fsp3) is 0.200. The zero-order chi connectivity index (χ0) is 25.4. The number of rotatable bonds is 5. The van der Waals surface area contributed by atoms with Gasteiger partial charge in [-0.05, 0) is 67.7 Å². The Balaban J connectivity index is 1.33. The van der Waals surface area contributed by atoms with Crippen LogP contribution in [0.5, 0.6) is 5.75 Å². The maximum absolute atomic E-state index is 13.2. The minimum Gasteiger partial charge on any atom is -0.497 e. The van der Waals surface area contributed by atoms with E-state index in [2.05, 4.69) is 33.2 Å². The van der Waals surface area contributed by atoms with E-state index < -0.39 is 0 Å². The van der Waals surface area contributed by atoms with Crippen LogP contribution >= 0.6 is 0 Å². The Labute approximate surface area is 215 Å². The molecule has 0 unspecified atom stereocenters. The second-order valence-electron chi connectivity index (χ2n) is 9.47. The number of hydrogen-bond acceptors (Lipinski definition) is 5. The summed E-state index contributed by atoms with van der Waals surface area (Å²) in [5.41, 5.74) is 5.41. The highest BCUT2D eigenvalue weighted by molar-refractivity contribution is 6.13. The number of pyridine rings is 1. The number of piperazine rings is 1. The molecular formula is C30H29N5O2. The zero-order valence-electron chi connectivity index (χ0n) is 21.0. The van der Waals surface area contributed by atoms with Crippen LogP contribution in [0.4, 0.5) is 11.5 Å². The standard InChI is InChI=1S/C30H29N5O2/c1-34-15-17-35(18-16-34)22-11-7-21(8-12-22)30(36)33-27-19-25-24-5-3-4-6-26(24)31-29(25)28(32-27)20-9-13-23(37-2)14-10-20/h3-14,19,31H,15-18H2,1-2H3,(H,32,33,36). The summed E-state index contributed by atoms with van der Waals surface area (Å²) in [5, 5.41) is 5.13. The van der Waals surface area contributed by atoms with Crippen LogP contribution in [-0.4, -0.2) is 61.1 Å². The van der Waals surface area contributed by atoms with E-state index in [-0.39, 0.29) is 5.91 Å². The number of ether oxygens (including phenoxy) is 1. The van der Waals surface area contributed by atoms with Crippen molar-refractivity contribution in [1.29, 1.82) is 0 Å². The number of aromatic nitrogens is 2. The normalized spacial score (nSPS) is 14.3. The molecule has 1 aliphatic rings. The van der Waals surface area contributed by atoms with E-state index in [1.807, 2.05) is 72.8 Å². The fourth-order valence-corrected chi connectivity index (χ4v) is 4.94. The van der Waals surface area contributed by atoms with Gasteiger partial charge in [0.1, 0.15) is 11.6 Å². The molecule has 2 aromatic heterocycles. The molecule has 7 heteroatoms. The van der Waals surface area contributed by atoms with Gasteiger partial charge in [-0.15, -0.1) is 0 Å². The van der Waals surface area contributed by atoms with Crippen LogP contribution in [0.2, 0.25) is 0 Å². The number of aromatic amines is 1. The van der Waals surface area contributed by atoms with E-state index in [1.165, 1.54) is 0 Å². The van der Waals surface area contributed by atoms with Crippen molar-refractivity contribution in [1.82, 2.24) is 14.9 Å². The summed E-state index contributed by atoms with van der Waals surface area (Å²) in [6.45, 7) is 4.07. The Morgan fingerprint density at radius 1 is 0.919 bits per heavy atom. The van der Waals surface area contributed by atoms with E-state index in [0.717, 1.165) is 70.7 Å². The maximum Gasteiger partial charge on any atom is 0.256 e. The molecule has 0 bridgehead atoms. The zero-order valence-corrected chi connectivity index (χ0v) is 21.0. The molecule has 1 aliphatic heterocycles. The average Bonchev–Trinajstić information content (AvgIpc) is 3.32. The first-order chi connectivity index (χ1) is 18.1. The molecule has 0 spiro atoms. The number of H-pyrrole nitrogens is 1. The van der Waals surface area contributed by atoms with Gasteiger partial charge in [0.15, 0.2) is 0 Å². The van der Waals surface area contributed by atoms with Gasteiger partial charge in [0.05, 0.1) is 18.3 Å². The van der Waals surface area contributed by atoms with Gasteiger partial charge in [0, 0.05) is 59.3 Å². The van der Waals surface area contributed by atoms with E-state index in [0.29, 0.717) is 11.4 Å².